The van der Waals surface area contributed by atoms with Crippen molar-refractivity contribution in [1.82, 2.24) is 4.98 Å². The van der Waals surface area contributed by atoms with Crippen molar-refractivity contribution in [3.05, 3.63) is 69.4 Å². The largest absolute Gasteiger partial charge is 0.497 e. The van der Waals surface area contributed by atoms with Gasteiger partial charge in [0.05, 0.1) is 18.9 Å². The van der Waals surface area contributed by atoms with E-state index in [-0.39, 0.29) is 12.4 Å². The van der Waals surface area contributed by atoms with Crippen LogP contribution in [0.15, 0.2) is 52.3 Å². The topological polar surface area (TPSA) is 117 Å². The number of nitrogens with one attached hydrogen (secondary N) is 1. The molecule has 1 aromatic carbocycles. The fraction of sp³-hybridized carbons (Fsp3) is 0.111. The molecule has 1 N–H and O–H groups in total. The molecule has 9 nitrogen and oxygen atoms in total. The normalized spacial score (nSPS) is 10.8. The third-order valence-corrected chi connectivity index (χ3v) is 4.24. The molecule has 2 heterocycles. The summed E-state index contributed by atoms with van der Waals surface area (Å²) in [7, 11) is 1.60. The van der Waals surface area contributed by atoms with E-state index in [4.69, 9.17) is 13.9 Å². The second-order valence-electron chi connectivity index (χ2n) is 5.37. The summed E-state index contributed by atoms with van der Waals surface area (Å²) >= 11 is 1.38. The Labute approximate surface area is 163 Å². The number of hydrogen-bond acceptors (Lipinski definition) is 9. The van der Waals surface area contributed by atoms with Crippen LogP contribution in [0, 0.1) is 10.1 Å². The van der Waals surface area contributed by atoms with E-state index in [2.05, 4.69) is 10.3 Å². The summed E-state index contributed by atoms with van der Waals surface area (Å²) in [6, 6.07) is 9.99. The molecule has 3 rings (SSSR count). The lowest BCUT2D eigenvalue weighted by Crippen LogP contribution is -2.01. The van der Waals surface area contributed by atoms with E-state index in [1.54, 1.807) is 12.5 Å². The molecule has 0 aliphatic carbocycles. The standard InChI is InChI=1S/C18H15N3O6S/c1-25-14-4-2-12(3-5-14)19-18-20-13(11-28-18)10-26-17(22)9-7-15-6-8-16(27-15)21(23)24/h2-9,11H,10H2,1H3,(H,19,20)/b9-7+. The maximum Gasteiger partial charge on any atom is 0.433 e. The van der Waals surface area contributed by atoms with Gasteiger partial charge in [0.2, 0.25) is 0 Å². The van der Waals surface area contributed by atoms with Crippen LogP contribution in [-0.4, -0.2) is 23.0 Å². The molecule has 0 saturated carbocycles. The first-order chi connectivity index (χ1) is 13.5. The van der Waals surface area contributed by atoms with Gasteiger partial charge >= 0.3 is 11.9 Å². The van der Waals surface area contributed by atoms with Crippen molar-refractivity contribution in [3.63, 3.8) is 0 Å². The van der Waals surface area contributed by atoms with E-state index < -0.39 is 16.8 Å². The van der Waals surface area contributed by atoms with Crippen LogP contribution in [0.3, 0.4) is 0 Å². The SMILES string of the molecule is COc1ccc(Nc2nc(COC(=O)/C=C/c3ccc([N+](=O)[O-])o3)cs2)cc1. The number of furan rings is 1. The average Bonchev–Trinajstić information content (AvgIpc) is 3.35. The Bertz CT molecular complexity index is 993. The number of carbonyl (C=O) groups excluding carboxylic acids is 1. The molecule has 3 aromatic rings. The number of anilines is 2. The molecular formula is C18H15N3O6S. The summed E-state index contributed by atoms with van der Waals surface area (Å²) in [6.45, 7) is 0.00225. The molecule has 28 heavy (non-hydrogen) atoms. The van der Waals surface area contributed by atoms with Crippen molar-refractivity contribution >= 4 is 40.1 Å². The Morgan fingerprint density at radius 3 is 2.79 bits per heavy atom. The zero-order valence-electron chi connectivity index (χ0n) is 14.7. The van der Waals surface area contributed by atoms with Crippen LogP contribution in [0.25, 0.3) is 6.08 Å². The number of hydrogen-bond donors (Lipinski definition) is 1. The smallest absolute Gasteiger partial charge is 0.433 e. The number of ether oxygens (including phenoxy) is 2. The molecule has 0 radical (unpaired) electrons. The quantitative estimate of drug-likeness (QED) is 0.259. The van der Waals surface area contributed by atoms with E-state index in [0.717, 1.165) is 17.5 Å². The second-order valence-corrected chi connectivity index (χ2v) is 6.23. The molecule has 0 unspecified atom stereocenters. The molecular weight excluding hydrogens is 386 g/mol. The Morgan fingerprint density at radius 1 is 1.32 bits per heavy atom. The predicted octanol–water partition coefficient (Wildman–Crippen LogP) is 4.15. The van der Waals surface area contributed by atoms with Gasteiger partial charge in [-0.3, -0.25) is 10.1 Å². The summed E-state index contributed by atoms with van der Waals surface area (Å²) in [5.74, 6) is -0.0677. The van der Waals surface area contributed by atoms with Gasteiger partial charge in [-0.05, 0) is 36.4 Å². The molecule has 0 atom stereocenters. The molecule has 10 heteroatoms. The number of rotatable bonds is 8. The summed E-state index contributed by atoms with van der Waals surface area (Å²) in [5.41, 5.74) is 1.45. The van der Waals surface area contributed by atoms with E-state index in [1.807, 2.05) is 24.3 Å². The molecule has 0 spiro atoms. The van der Waals surface area contributed by atoms with E-state index in [1.165, 1.54) is 29.5 Å². The highest BCUT2D eigenvalue weighted by molar-refractivity contribution is 7.13. The van der Waals surface area contributed by atoms with Gasteiger partial charge in [0, 0.05) is 17.1 Å². The first-order valence-corrected chi connectivity index (χ1v) is 8.86. The van der Waals surface area contributed by atoms with Crippen molar-refractivity contribution in [2.45, 2.75) is 6.61 Å². The van der Waals surface area contributed by atoms with Crippen LogP contribution in [-0.2, 0) is 16.1 Å². The molecule has 0 aliphatic rings. The average molecular weight is 401 g/mol. The number of aromatic nitrogens is 1. The third-order valence-electron chi connectivity index (χ3n) is 3.43. The Hall–Kier alpha value is -3.66. The second kappa shape index (κ2) is 8.82. The maximum atomic E-state index is 11.8. The number of nitrogens with zero attached hydrogens (tertiary/aromatic N) is 2. The first-order valence-electron chi connectivity index (χ1n) is 7.98. The first kappa shape index (κ1) is 19.1. The van der Waals surface area contributed by atoms with Crippen LogP contribution in [0.4, 0.5) is 16.7 Å². The minimum atomic E-state index is -0.657. The molecule has 0 fully saturated rings. The molecule has 0 amide bonds. The fourth-order valence-electron chi connectivity index (χ4n) is 2.10. The Morgan fingerprint density at radius 2 is 2.11 bits per heavy atom. The Kier molecular flexibility index (Phi) is 6.02. The molecule has 2 aromatic heterocycles. The number of benzene rings is 1. The minimum absolute atomic E-state index is 0.00225. The van der Waals surface area contributed by atoms with Crippen molar-refractivity contribution in [1.29, 1.82) is 0 Å². The van der Waals surface area contributed by atoms with Gasteiger partial charge in [-0.1, -0.05) is 0 Å². The third kappa shape index (κ3) is 5.17. The summed E-state index contributed by atoms with van der Waals surface area (Å²) in [5, 5.41) is 16.1. The van der Waals surface area contributed by atoms with Crippen molar-refractivity contribution < 1.29 is 23.6 Å². The van der Waals surface area contributed by atoms with Gasteiger partial charge in [0.25, 0.3) is 0 Å². The highest BCUT2D eigenvalue weighted by atomic mass is 32.1. The van der Waals surface area contributed by atoms with Gasteiger partial charge < -0.3 is 19.2 Å². The van der Waals surface area contributed by atoms with Gasteiger partial charge in [-0.25, -0.2) is 9.78 Å². The lowest BCUT2D eigenvalue weighted by molar-refractivity contribution is -0.402. The lowest BCUT2D eigenvalue weighted by Gasteiger charge is -2.04. The van der Waals surface area contributed by atoms with E-state index in [9.17, 15) is 14.9 Å². The number of methoxy groups -OCH3 is 1. The molecule has 0 bridgehead atoms. The highest BCUT2D eigenvalue weighted by Gasteiger charge is 2.10. The van der Waals surface area contributed by atoms with Gasteiger partial charge in [-0.2, -0.15) is 0 Å². The minimum Gasteiger partial charge on any atom is -0.497 e. The van der Waals surface area contributed by atoms with E-state index in [0.29, 0.717) is 10.8 Å². The zero-order valence-corrected chi connectivity index (χ0v) is 15.5. The number of carbonyl (C=O) groups is 1. The van der Waals surface area contributed by atoms with Crippen LogP contribution < -0.4 is 10.1 Å². The summed E-state index contributed by atoms with van der Waals surface area (Å²) < 4.78 is 15.1. The zero-order chi connectivity index (χ0) is 19.9. The van der Waals surface area contributed by atoms with Crippen LogP contribution >= 0.6 is 11.3 Å². The van der Waals surface area contributed by atoms with Crippen molar-refractivity contribution in [3.8, 4) is 5.75 Å². The van der Waals surface area contributed by atoms with Crippen LogP contribution in [0.2, 0.25) is 0 Å². The highest BCUT2D eigenvalue weighted by Crippen LogP contribution is 2.23. The number of esters is 1. The van der Waals surface area contributed by atoms with E-state index >= 15 is 0 Å². The van der Waals surface area contributed by atoms with Crippen molar-refractivity contribution in [2.75, 3.05) is 12.4 Å². The lowest BCUT2D eigenvalue weighted by atomic mass is 10.3. The Balaban J connectivity index is 1.49. The van der Waals surface area contributed by atoms with Crippen molar-refractivity contribution in [2.24, 2.45) is 0 Å². The maximum absolute atomic E-state index is 11.8. The summed E-state index contributed by atoms with van der Waals surface area (Å²) in [4.78, 5) is 26.0. The fourth-order valence-corrected chi connectivity index (χ4v) is 2.82. The number of thiazole rings is 1. The number of nitro groups is 1. The molecule has 0 saturated heterocycles. The van der Waals surface area contributed by atoms with Gasteiger partial charge in [-0.15, -0.1) is 11.3 Å². The van der Waals surface area contributed by atoms with Crippen LogP contribution in [0.1, 0.15) is 11.5 Å². The van der Waals surface area contributed by atoms with Gasteiger partial charge in [0.15, 0.2) is 5.13 Å². The molecule has 0 aliphatic heterocycles. The van der Waals surface area contributed by atoms with Gasteiger partial charge in [0.1, 0.15) is 23.0 Å². The molecule has 144 valence electrons. The summed E-state index contributed by atoms with van der Waals surface area (Å²) in [6.07, 6.45) is 2.43. The van der Waals surface area contributed by atoms with Crippen LogP contribution in [0.5, 0.6) is 5.75 Å². The monoisotopic (exact) mass is 401 g/mol. The predicted molar refractivity (Wildman–Crippen MR) is 103 cm³/mol.